The van der Waals surface area contributed by atoms with Crippen LogP contribution in [0, 0.1) is 0 Å². The molecule has 12 heteroatoms. The quantitative estimate of drug-likeness (QED) is 0.189. The van der Waals surface area contributed by atoms with Crippen LogP contribution >= 0.6 is 23.2 Å². The first kappa shape index (κ1) is 29.7. The van der Waals surface area contributed by atoms with Gasteiger partial charge >= 0.3 is 12.4 Å². The second kappa shape index (κ2) is 10.9. The zero-order valence-corrected chi connectivity index (χ0v) is 24.7. The highest BCUT2D eigenvalue weighted by atomic mass is 35.5. The Morgan fingerprint density at radius 3 is 1.77 bits per heavy atom. The first-order valence-corrected chi connectivity index (χ1v) is 14.3. The van der Waals surface area contributed by atoms with E-state index in [2.05, 4.69) is 20.0 Å². The van der Waals surface area contributed by atoms with Gasteiger partial charge in [0.05, 0.1) is 26.8 Å². The van der Waals surface area contributed by atoms with E-state index in [1.807, 2.05) is 26.0 Å². The number of nitrogens with zero attached hydrogens (tertiary/aromatic N) is 3. The van der Waals surface area contributed by atoms with Crippen molar-refractivity contribution in [1.82, 2.24) is 15.3 Å². The number of halogens is 5. The van der Waals surface area contributed by atoms with Gasteiger partial charge in [0.25, 0.3) is 5.91 Å². The van der Waals surface area contributed by atoms with Crippen LogP contribution in [0.25, 0.3) is 21.8 Å². The largest absolute Gasteiger partial charge is 0.573 e. The number of aromatic nitrogens is 2. The summed E-state index contributed by atoms with van der Waals surface area (Å²) in [7, 11) is 0. The zero-order chi connectivity index (χ0) is 31.4. The molecule has 3 aromatic carbocycles. The van der Waals surface area contributed by atoms with Crippen LogP contribution in [0.5, 0.6) is 5.75 Å². The Morgan fingerprint density at radius 2 is 1.30 bits per heavy atom. The Labute approximate surface area is 259 Å². The van der Waals surface area contributed by atoms with E-state index in [4.69, 9.17) is 23.2 Å². The third-order valence-corrected chi connectivity index (χ3v) is 8.82. The van der Waals surface area contributed by atoms with Crippen LogP contribution in [0.2, 0.25) is 10.0 Å². The van der Waals surface area contributed by atoms with Crippen molar-refractivity contribution < 1.29 is 27.5 Å². The van der Waals surface area contributed by atoms with Gasteiger partial charge in [0, 0.05) is 35.0 Å². The monoisotopic (exact) mass is 638 g/mol. The van der Waals surface area contributed by atoms with Gasteiger partial charge in [-0.25, -0.2) is 9.69 Å². The average Bonchev–Trinajstić information content (AvgIpc) is 3.26. The number of ether oxygens (including phenoxy) is 1. The van der Waals surface area contributed by atoms with E-state index in [0.29, 0.717) is 43.0 Å². The lowest BCUT2D eigenvalue weighted by atomic mass is 9.69. The fraction of sp³-hybridized carbons (Fsp3) is 0.188. The number of para-hydroxylation sites is 2. The van der Waals surface area contributed by atoms with E-state index in [1.54, 1.807) is 48.8 Å². The Balaban J connectivity index is 1.53. The first-order valence-electron chi connectivity index (χ1n) is 13.5. The third kappa shape index (κ3) is 4.88. The predicted octanol–water partition coefficient (Wildman–Crippen LogP) is 8.39. The lowest BCUT2D eigenvalue weighted by Gasteiger charge is -2.39. The normalized spacial score (nSPS) is 18.5. The van der Waals surface area contributed by atoms with Crippen molar-refractivity contribution in [1.29, 1.82) is 0 Å². The van der Waals surface area contributed by atoms with E-state index in [9.17, 15) is 22.8 Å². The van der Waals surface area contributed by atoms with E-state index >= 15 is 0 Å². The topological polar surface area (TPSA) is 84.4 Å². The summed E-state index contributed by atoms with van der Waals surface area (Å²) < 4.78 is 42.3. The standard InChI is InChI=1S/C32H23Cl2F3N4O3/c1-17(21-13-15-38-27-23(21)5-3-7-25(27)33)31(18(2)22-14-16-39-28-24(22)6-4-8-26(28)34)29(42)41(30(43)40-31)19-9-11-20(12-10-19)44-32(35,36)37/h3-18H,1-2H3,(H,40,43). The molecule has 7 nitrogen and oxygen atoms in total. The van der Waals surface area contributed by atoms with Crippen LogP contribution in [0.15, 0.2) is 85.2 Å². The smallest absolute Gasteiger partial charge is 0.406 e. The molecule has 1 fully saturated rings. The molecule has 44 heavy (non-hydrogen) atoms. The van der Waals surface area contributed by atoms with Gasteiger partial charge in [0.1, 0.15) is 11.3 Å². The number of anilines is 1. The molecule has 224 valence electrons. The number of hydrogen-bond donors (Lipinski definition) is 1. The summed E-state index contributed by atoms with van der Waals surface area (Å²) in [6.07, 6.45) is -1.70. The molecule has 2 aromatic heterocycles. The number of pyridine rings is 2. The second-order valence-electron chi connectivity index (χ2n) is 10.5. The van der Waals surface area contributed by atoms with Crippen LogP contribution in [0.3, 0.4) is 0 Å². The molecule has 2 atom stereocenters. The summed E-state index contributed by atoms with van der Waals surface area (Å²) >= 11 is 12.9. The summed E-state index contributed by atoms with van der Waals surface area (Å²) in [4.78, 5) is 38.3. The number of carbonyl (C=O) groups is 2. The number of fused-ring (bicyclic) bond motifs is 2. The minimum absolute atomic E-state index is 0.0774. The first-order chi connectivity index (χ1) is 20.9. The summed E-state index contributed by atoms with van der Waals surface area (Å²) in [5.41, 5.74) is 1.00. The average molecular weight is 639 g/mol. The SMILES string of the molecule is CC(c1ccnc2c(Cl)cccc12)C1(C(C)c2ccnc3c(Cl)cccc23)NC(=O)N(c2ccc(OC(F)(F)F)cc2)C1=O. The Kier molecular flexibility index (Phi) is 7.37. The molecule has 2 unspecified atom stereocenters. The van der Waals surface area contributed by atoms with E-state index < -0.39 is 41.4 Å². The van der Waals surface area contributed by atoms with Gasteiger partial charge in [-0.3, -0.25) is 14.8 Å². The van der Waals surface area contributed by atoms with E-state index in [0.717, 1.165) is 17.0 Å². The number of hydrogen-bond acceptors (Lipinski definition) is 5. The number of carbonyl (C=O) groups excluding carboxylic acids is 2. The van der Waals surface area contributed by atoms with Gasteiger partial charge in [-0.1, -0.05) is 61.3 Å². The fourth-order valence-corrected chi connectivity index (χ4v) is 6.57. The maximum atomic E-state index is 14.7. The number of alkyl halides is 3. The number of imide groups is 1. The lowest BCUT2D eigenvalue weighted by molar-refractivity contribution is -0.274. The van der Waals surface area contributed by atoms with Gasteiger partial charge in [-0.05, 0) is 59.7 Å². The highest BCUT2D eigenvalue weighted by Crippen LogP contribution is 2.47. The van der Waals surface area contributed by atoms with Crippen LogP contribution < -0.4 is 15.0 Å². The molecule has 1 aliphatic heterocycles. The van der Waals surface area contributed by atoms with Crippen LogP contribution in [-0.4, -0.2) is 33.8 Å². The second-order valence-corrected chi connectivity index (χ2v) is 11.3. The number of rotatable bonds is 6. The molecule has 1 saturated heterocycles. The van der Waals surface area contributed by atoms with Gasteiger partial charge < -0.3 is 10.1 Å². The van der Waals surface area contributed by atoms with E-state index in [-0.39, 0.29) is 5.69 Å². The molecule has 0 bridgehead atoms. The Morgan fingerprint density at radius 1 is 0.795 bits per heavy atom. The summed E-state index contributed by atoms with van der Waals surface area (Å²) in [5, 5.41) is 5.26. The lowest BCUT2D eigenvalue weighted by Crippen LogP contribution is -2.55. The van der Waals surface area contributed by atoms with Crippen molar-refractivity contribution >= 4 is 62.6 Å². The molecule has 0 saturated carbocycles. The minimum Gasteiger partial charge on any atom is -0.406 e. The molecule has 3 heterocycles. The summed E-state index contributed by atoms with van der Waals surface area (Å²) in [6.45, 7) is 3.68. The van der Waals surface area contributed by atoms with Crippen molar-refractivity contribution in [3.8, 4) is 5.75 Å². The van der Waals surface area contributed by atoms with Crippen LogP contribution in [0.4, 0.5) is 23.7 Å². The van der Waals surface area contributed by atoms with Crippen LogP contribution in [0.1, 0.15) is 36.8 Å². The van der Waals surface area contributed by atoms with Crippen molar-refractivity contribution in [3.05, 3.63) is 106 Å². The molecule has 0 spiro atoms. The Hall–Kier alpha value is -4.41. The van der Waals surface area contributed by atoms with Crippen molar-refractivity contribution in [2.75, 3.05) is 4.90 Å². The van der Waals surface area contributed by atoms with E-state index in [1.165, 1.54) is 12.1 Å². The minimum atomic E-state index is -4.89. The molecule has 1 N–H and O–H groups in total. The van der Waals surface area contributed by atoms with Gasteiger partial charge in [-0.2, -0.15) is 0 Å². The van der Waals surface area contributed by atoms with Crippen molar-refractivity contribution in [2.24, 2.45) is 0 Å². The molecule has 5 aromatic rings. The van der Waals surface area contributed by atoms with Crippen LogP contribution in [-0.2, 0) is 4.79 Å². The highest BCUT2D eigenvalue weighted by Gasteiger charge is 2.59. The zero-order valence-electron chi connectivity index (χ0n) is 23.2. The van der Waals surface area contributed by atoms with Gasteiger partial charge in [0.2, 0.25) is 0 Å². The van der Waals surface area contributed by atoms with Crippen molar-refractivity contribution in [2.45, 2.75) is 37.6 Å². The van der Waals surface area contributed by atoms with Crippen molar-refractivity contribution in [3.63, 3.8) is 0 Å². The number of amides is 3. The van der Waals surface area contributed by atoms with Gasteiger partial charge in [0.15, 0.2) is 0 Å². The maximum Gasteiger partial charge on any atom is 0.573 e. The molecule has 1 aliphatic rings. The molecule has 0 radical (unpaired) electrons. The summed E-state index contributed by atoms with van der Waals surface area (Å²) in [6, 6.07) is 18.1. The molecular weight excluding hydrogens is 616 g/mol. The Bertz CT molecular complexity index is 1840. The maximum absolute atomic E-state index is 14.7. The number of nitrogens with one attached hydrogen (secondary N) is 1. The third-order valence-electron chi connectivity index (χ3n) is 8.21. The molecule has 6 rings (SSSR count). The fourth-order valence-electron chi connectivity index (χ4n) is 6.13. The molecule has 0 aliphatic carbocycles. The number of urea groups is 1. The molecular formula is C32H23Cl2F3N4O3. The highest BCUT2D eigenvalue weighted by molar-refractivity contribution is 6.35. The molecule has 3 amide bonds. The van der Waals surface area contributed by atoms with Gasteiger partial charge in [-0.15, -0.1) is 13.2 Å². The summed E-state index contributed by atoms with van der Waals surface area (Å²) in [5.74, 6) is -2.39. The number of benzene rings is 3. The predicted molar refractivity (Wildman–Crippen MR) is 162 cm³/mol.